The molecule has 2 N–H and O–H groups in total. The number of hydrogen-bond acceptors (Lipinski definition) is 3. The molecule has 2 aromatic rings. The number of hydrogen-bond donors (Lipinski definition) is 1. The van der Waals surface area contributed by atoms with E-state index in [0.717, 1.165) is 11.3 Å². The normalized spacial score (nSPS) is 12.1. The van der Waals surface area contributed by atoms with Gasteiger partial charge in [0.1, 0.15) is 0 Å². The number of rotatable bonds is 4. The van der Waals surface area contributed by atoms with E-state index in [1.807, 2.05) is 30.3 Å². The van der Waals surface area contributed by atoms with Gasteiger partial charge in [0.25, 0.3) is 0 Å². The molecular weight excluding hydrogens is 228 g/mol. The number of allylic oxidation sites excluding steroid dienone is 1. The molecule has 18 heavy (non-hydrogen) atoms. The first kappa shape index (κ1) is 12.0. The number of carbonyl (C=O) groups excluding carboxylic acids is 1. The number of nitrogens with two attached hydrogens (primary N) is 1. The molecule has 5 heteroatoms. The number of benzene rings is 1. The molecule has 0 saturated heterocycles. The van der Waals surface area contributed by atoms with Crippen LogP contribution in [0, 0.1) is 0 Å². The summed E-state index contributed by atoms with van der Waals surface area (Å²) in [5, 5.41) is 7.67. The Kier molecular flexibility index (Phi) is 3.52. The summed E-state index contributed by atoms with van der Waals surface area (Å²) in [6, 6.07) is 9.83. The van der Waals surface area contributed by atoms with Gasteiger partial charge < -0.3 is 5.73 Å². The Balaban J connectivity index is 2.39. The van der Waals surface area contributed by atoms with Gasteiger partial charge in [0.2, 0.25) is 5.91 Å². The number of amides is 1. The van der Waals surface area contributed by atoms with Crippen LogP contribution < -0.4 is 5.73 Å². The lowest BCUT2D eigenvalue weighted by Gasteiger charge is -2.10. The van der Waals surface area contributed by atoms with Crippen LogP contribution in [0.15, 0.2) is 48.3 Å². The summed E-state index contributed by atoms with van der Waals surface area (Å²) in [6.45, 7) is 1.70. The fourth-order valence-electron chi connectivity index (χ4n) is 1.67. The van der Waals surface area contributed by atoms with Crippen LogP contribution in [0.2, 0.25) is 0 Å². The first-order valence-electron chi connectivity index (χ1n) is 5.58. The monoisotopic (exact) mass is 242 g/mol. The van der Waals surface area contributed by atoms with Crippen LogP contribution in [0.5, 0.6) is 0 Å². The van der Waals surface area contributed by atoms with Crippen molar-refractivity contribution < 1.29 is 4.79 Å². The fraction of sp³-hybridized carbons (Fsp3) is 0.154. The molecule has 1 aromatic carbocycles. The van der Waals surface area contributed by atoms with Crippen LogP contribution in [-0.4, -0.2) is 20.9 Å². The highest BCUT2D eigenvalue weighted by Gasteiger charge is 2.11. The van der Waals surface area contributed by atoms with E-state index < -0.39 is 5.91 Å². The molecule has 0 spiro atoms. The average Bonchev–Trinajstić information content (AvgIpc) is 2.90. The Morgan fingerprint density at radius 2 is 2.06 bits per heavy atom. The van der Waals surface area contributed by atoms with Gasteiger partial charge in [-0.1, -0.05) is 35.5 Å². The van der Waals surface area contributed by atoms with E-state index in [9.17, 15) is 4.79 Å². The molecule has 0 aliphatic heterocycles. The molecule has 0 unspecified atom stereocenters. The number of carbonyl (C=O) groups is 1. The highest BCUT2D eigenvalue weighted by molar-refractivity contribution is 5.96. The number of aromatic nitrogens is 3. The summed E-state index contributed by atoms with van der Waals surface area (Å²) in [7, 11) is 0. The molecule has 0 atom stereocenters. The van der Waals surface area contributed by atoms with Gasteiger partial charge in [-0.2, -0.15) is 0 Å². The summed E-state index contributed by atoms with van der Waals surface area (Å²) < 4.78 is 1.58. The molecule has 0 bridgehead atoms. The van der Waals surface area contributed by atoms with Crippen molar-refractivity contribution in [2.45, 2.75) is 13.3 Å². The summed E-state index contributed by atoms with van der Waals surface area (Å²) in [6.07, 6.45) is 3.85. The second-order valence-electron chi connectivity index (χ2n) is 3.95. The van der Waals surface area contributed by atoms with Gasteiger partial charge in [-0.15, -0.1) is 5.10 Å². The summed E-state index contributed by atoms with van der Waals surface area (Å²) in [5.74, 6) is -0.448. The number of primary amides is 1. The van der Waals surface area contributed by atoms with Crippen molar-refractivity contribution >= 4 is 11.6 Å². The van der Waals surface area contributed by atoms with Gasteiger partial charge in [0.15, 0.2) is 0 Å². The minimum atomic E-state index is -0.448. The maximum atomic E-state index is 11.3. The van der Waals surface area contributed by atoms with Crippen LogP contribution >= 0.6 is 0 Å². The Morgan fingerprint density at radius 3 is 2.61 bits per heavy atom. The molecule has 0 radical (unpaired) electrons. The lowest BCUT2D eigenvalue weighted by Crippen LogP contribution is -2.17. The van der Waals surface area contributed by atoms with E-state index in [0.29, 0.717) is 12.0 Å². The topological polar surface area (TPSA) is 73.8 Å². The van der Waals surface area contributed by atoms with Crippen molar-refractivity contribution in [2.24, 2.45) is 5.73 Å². The standard InChI is InChI=1S/C13H14N4O/c1-10(13(14)18)12(17-8-7-15-16-17)9-11-5-3-2-4-6-11/h2-8H,9H2,1H3,(H2,14,18). The van der Waals surface area contributed by atoms with Gasteiger partial charge in [-0.05, 0) is 12.5 Å². The van der Waals surface area contributed by atoms with Crippen molar-refractivity contribution in [2.75, 3.05) is 0 Å². The third-order valence-electron chi connectivity index (χ3n) is 2.72. The lowest BCUT2D eigenvalue weighted by atomic mass is 10.1. The maximum absolute atomic E-state index is 11.3. The van der Waals surface area contributed by atoms with E-state index in [1.54, 1.807) is 24.0 Å². The van der Waals surface area contributed by atoms with Gasteiger partial charge in [0.05, 0.1) is 18.1 Å². The zero-order chi connectivity index (χ0) is 13.0. The molecular formula is C13H14N4O. The van der Waals surface area contributed by atoms with Gasteiger partial charge in [0, 0.05) is 12.0 Å². The number of nitrogens with zero attached hydrogens (tertiary/aromatic N) is 3. The zero-order valence-electron chi connectivity index (χ0n) is 10.1. The molecule has 0 aliphatic rings. The summed E-state index contributed by atoms with van der Waals surface area (Å²) in [4.78, 5) is 11.3. The zero-order valence-corrected chi connectivity index (χ0v) is 10.1. The summed E-state index contributed by atoms with van der Waals surface area (Å²) >= 11 is 0. The van der Waals surface area contributed by atoms with Crippen LogP contribution in [0.3, 0.4) is 0 Å². The van der Waals surface area contributed by atoms with E-state index >= 15 is 0 Å². The molecule has 0 fully saturated rings. The van der Waals surface area contributed by atoms with E-state index in [-0.39, 0.29) is 0 Å². The van der Waals surface area contributed by atoms with Gasteiger partial charge in [-0.3, -0.25) is 4.79 Å². The molecule has 5 nitrogen and oxygen atoms in total. The molecule has 92 valence electrons. The minimum absolute atomic E-state index is 0.448. The van der Waals surface area contributed by atoms with Crippen LogP contribution in [0.25, 0.3) is 5.70 Å². The minimum Gasteiger partial charge on any atom is -0.366 e. The Bertz CT molecular complexity index is 558. The third-order valence-corrected chi connectivity index (χ3v) is 2.72. The smallest absolute Gasteiger partial charge is 0.246 e. The average molecular weight is 242 g/mol. The maximum Gasteiger partial charge on any atom is 0.246 e. The predicted molar refractivity (Wildman–Crippen MR) is 68.3 cm³/mol. The van der Waals surface area contributed by atoms with E-state index in [1.165, 1.54) is 0 Å². The molecule has 2 rings (SSSR count). The highest BCUT2D eigenvalue weighted by atomic mass is 16.1. The van der Waals surface area contributed by atoms with Crippen molar-refractivity contribution in [3.05, 3.63) is 53.9 Å². The molecule has 1 heterocycles. The predicted octanol–water partition coefficient (Wildman–Crippen LogP) is 1.24. The highest BCUT2D eigenvalue weighted by Crippen LogP contribution is 2.16. The molecule has 0 aliphatic carbocycles. The second kappa shape index (κ2) is 5.27. The largest absolute Gasteiger partial charge is 0.366 e. The lowest BCUT2D eigenvalue weighted by molar-refractivity contribution is -0.114. The van der Waals surface area contributed by atoms with Crippen LogP contribution in [0.4, 0.5) is 0 Å². The quantitative estimate of drug-likeness (QED) is 0.820. The Hall–Kier alpha value is -2.43. The van der Waals surface area contributed by atoms with E-state index in [2.05, 4.69) is 10.3 Å². The second-order valence-corrected chi connectivity index (χ2v) is 3.95. The first-order valence-corrected chi connectivity index (χ1v) is 5.58. The third kappa shape index (κ3) is 2.63. The van der Waals surface area contributed by atoms with Crippen molar-refractivity contribution in [1.29, 1.82) is 0 Å². The molecule has 1 amide bonds. The van der Waals surface area contributed by atoms with Crippen molar-refractivity contribution in [3.8, 4) is 0 Å². The molecule has 1 aromatic heterocycles. The van der Waals surface area contributed by atoms with Gasteiger partial charge in [-0.25, -0.2) is 4.68 Å². The first-order chi connectivity index (χ1) is 8.68. The Morgan fingerprint density at radius 1 is 1.33 bits per heavy atom. The fourth-order valence-corrected chi connectivity index (χ4v) is 1.67. The molecule has 0 saturated carbocycles. The Labute approximate surface area is 105 Å². The van der Waals surface area contributed by atoms with Crippen LogP contribution in [0.1, 0.15) is 12.5 Å². The van der Waals surface area contributed by atoms with Crippen molar-refractivity contribution in [1.82, 2.24) is 15.0 Å². The van der Waals surface area contributed by atoms with Crippen molar-refractivity contribution in [3.63, 3.8) is 0 Å². The van der Waals surface area contributed by atoms with Gasteiger partial charge >= 0.3 is 0 Å². The summed E-state index contributed by atoms with van der Waals surface area (Å²) in [5.41, 5.74) is 7.66. The SMILES string of the molecule is CC(C(N)=O)=C(Cc1ccccc1)n1ccnn1. The van der Waals surface area contributed by atoms with Crippen LogP contribution in [-0.2, 0) is 11.2 Å². The van der Waals surface area contributed by atoms with E-state index in [4.69, 9.17) is 5.73 Å².